The van der Waals surface area contributed by atoms with Gasteiger partial charge in [0.2, 0.25) is 0 Å². The molecule has 0 saturated carbocycles. The standard InChI is InChI=1S/C14H14N4/c1-10-3-2-4-14-16-13(17-18(10)14)9-11-5-7-12(15)8-6-11/h2-8H,9,15H2,1H3. The van der Waals surface area contributed by atoms with Gasteiger partial charge < -0.3 is 5.73 Å². The maximum Gasteiger partial charge on any atom is 0.156 e. The molecule has 4 heteroatoms. The molecule has 0 unspecified atom stereocenters. The van der Waals surface area contributed by atoms with Gasteiger partial charge in [0.1, 0.15) is 0 Å². The van der Waals surface area contributed by atoms with Crippen molar-refractivity contribution in [2.24, 2.45) is 0 Å². The number of fused-ring (bicyclic) bond motifs is 1. The van der Waals surface area contributed by atoms with E-state index in [1.54, 1.807) is 0 Å². The number of nitrogens with zero attached hydrogens (tertiary/aromatic N) is 3. The van der Waals surface area contributed by atoms with Crippen LogP contribution in [0.3, 0.4) is 0 Å². The first-order valence-electron chi connectivity index (χ1n) is 5.88. The molecule has 0 aliphatic heterocycles. The first-order chi connectivity index (χ1) is 8.72. The molecule has 0 spiro atoms. The highest BCUT2D eigenvalue weighted by Crippen LogP contribution is 2.11. The van der Waals surface area contributed by atoms with Crippen molar-refractivity contribution in [2.75, 3.05) is 5.73 Å². The minimum absolute atomic E-state index is 0.724. The fourth-order valence-electron chi connectivity index (χ4n) is 1.97. The quantitative estimate of drug-likeness (QED) is 0.696. The predicted molar refractivity (Wildman–Crippen MR) is 71.4 cm³/mol. The normalized spacial score (nSPS) is 10.9. The first-order valence-corrected chi connectivity index (χ1v) is 5.88. The number of anilines is 1. The number of benzene rings is 1. The second-order valence-electron chi connectivity index (χ2n) is 4.38. The zero-order chi connectivity index (χ0) is 12.5. The van der Waals surface area contributed by atoms with Crippen LogP contribution in [0.4, 0.5) is 5.69 Å². The Kier molecular flexibility index (Phi) is 2.48. The van der Waals surface area contributed by atoms with Crippen LogP contribution in [-0.4, -0.2) is 14.6 Å². The van der Waals surface area contributed by atoms with Crippen molar-refractivity contribution in [2.45, 2.75) is 13.3 Å². The third kappa shape index (κ3) is 1.93. The van der Waals surface area contributed by atoms with Gasteiger partial charge in [-0.05, 0) is 36.8 Å². The van der Waals surface area contributed by atoms with E-state index < -0.39 is 0 Å². The van der Waals surface area contributed by atoms with Gasteiger partial charge in [-0.1, -0.05) is 18.2 Å². The van der Waals surface area contributed by atoms with Crippen molar-refractivity contribution >= 4 is 11.3 Å². The maximum absolute atomic E-state index is 5.67. The van der Waals surface area contributed by atoms with Crippen LogP contribution < -0.4 is 5.73 Å². The van der Waals surface area contributed by atoms with E-state index in [4.69, 9.17) is 5.73 Å². The van der Waals surface area contributed by atoms with Gasteiger partial charge in [-0.3, -0.25) is 0 Å². The Bertz CT molecular complexity index is 683. The van der Waals surface area contributed by atoms with E-state index in [-0.39, 0.29) is 0 Å². The SMILES string of the molecule is Cc1cccc2nc(Cc3ccc(N)cc3)nn12. The van der Waals surface area contributed by atoms with Gasteiger partial charge in [0.05, 0.1) is 0 Å². The first kappa shape index (κ1) is 10.8. The number of aryl methyl sites for hydroxylation is 1. The van der Waals surface area contributed by atoms with E-state index in [0.29, 0.717) is 0 Å². The van der Waals surface area contributed by atoms with Crippen molar-refractivity contribution < 1.29 is 0 Å². The fraction of sp³-hybridized carbons (Fsp3) is 0.143. The molecule has 0 bridgehead atoms. The lowest BCUT2D eigenvalue weighted by atomic mass is 10.1. The molecule has 2 heterocycles. The lowest BCUT2D eigenvalue weighted by Crippen LogP contribution is -1.94. The summed E-state index contributed by atoms with van der Waals surface area (Å²) in [4.78, 5) is 4.51. The third-order valence-electron chi connectivity index (χ3n) is 2.93. The molecule has 2 N–H and O–H groups in total. The van der Waals surface area contributed by atoms with Gasteiger partial charge in [-0.2, -0.15) is 5.10 Å². The predicted octanol–water partition coefficient (Wildman–Crippen LogP) is 2.21. The van der Waals surface area contributed by atoms with Gasteiger partial charge in [0, 0.05) is 17.8 Å². The third-order valence-corrected chi connectivity index (χ3v) is 2.93. The zero-order valence-corrected chi connectivity index (χ0v) is 10.2. The highest BCUT2D eigenvalue weighted by atomic mass is 15.3. The zero-order valence-electron chi connectivity index (χ0n) is 10.2. The molecule has 0 aliphatic carbocycles. The lowest BCUT2D eigenvalue weighted by Gasteiger charge is -1.97. The number of rotatable bonds is 2. The number of pyridine rings is 1. The van der Waals surface area contributed by atoms with E-state index in [0.717, 1.165) is 34.8 Å². The van der Waals surface area contributed by atoms with E-state index in [1.807, 2.05) is 53.9 Å². The average molecular weight is 238 g/mol. The smallest absolute Gasteiger partial charge is 0.156 e. The van der Waals surface area contributed by atoms with Gasteiger partial charge in [0.15, 0.2) is 11.5 Å². The van der Waals surface area contributed by atoms with Crippen LogP contribution >= 0.6 is 0 Å². The molecule has 1 aromatic carbocycles. The molecule has 4 nitrogen and oxygen atoms in total. The van der Waals surface area contributed by atoms with E-state index in [2.05, 4.69) is 10.1 Å². The number of nitrogen functional groups attached to an aromatic ring is 1. The van der Waals surface area contributed by atoms with Gasteiger partial charge in [0.25, 0.3) is 0 Å². The highest BCUT2D eigenvalue weighted by molar-refractivity contribution is 5.41. The molecular formula is C14H14N4. The Morgan fingerprint density at radius 3 is 2.61 bits per heavy atom. The molecule has 0 fully saturated rings. The average Bonchev–Trinajstić information content (AvgIpc) is 2.76. The van der Waals surface area contributed by atoms with Crippen LogP contribution in [0.25, 0.3) is 5.65 Å². The minimum atomic E-state index is 0.724. The van der Waals surface area contributed by atoms with Crippen LogP contribution in [0, 0.1) is 6.92 Å². The Morgan fingerprint density at radius 1 is 1.11 bits per heavy atom. The molecule has 0 radical (unpaired) electrons. The number of hydrogen-bond acceptors (Lipinski definition) is 3. The molecule has 3 rings (SSSR count). The summed E-state index contributed by atoms with van der Waals surface area (Å²) in [5.41, 5.74) is 9.58. The lowest BCUT2D eigenvalue weighted by molar-refractivity contribution is 0.870. The Hall–Kier alpha value is -2.36. The number of hydrogen-bond donors (Lipinski definition) is 1. The molecular weight excluding hydrogens is 224 g/mol. The summed E-state index contributed by atoms with van der Waals surface area (Å²) in [7, 11) is 0. The van der Waals surface area contributed by atoms with Crippen LogP contribution in [0.2, 0.25) is 0 Å². The Labute approximate surface area is 105 Å². The molecule has 0 amide bonds. The van der Waals surface area contributed by atoms with Gasteiger partial charge in [-0.15, -0.1) is 0 Å². The second-order valence-corrected chi connectivity index (χ2v) is 4.38. The summed E-state index contributed by atoms with van der Waals surface area (Å²) in [6.07, 6.45) is 0.724. The van der Waals surface area contributed by atoms with Gasteiger partial charge in [-0.25, -0.2) is 9.50 Å². The monoisotopic (exact) mass is 238 g/mol. The topological polar surface area (TPSA) is 56.2 Å². The van der Waals surface area contributed by atoms with Crippen molar-refractivity contribution in [3.8, 4) is 0 Å². The summed E-state index contributed by atoms with van der Waals surface area (Å²) in [5.74, 6) is 0.828. The highest BCUT2D eigenvalue weighted by Gasteiger charge is 2.05. The molecule has 3 aromatic rings. The molecule has 0 atom stereocenters. The van der Waals surface area contributed by atoms with Crippen molar-refractivity contribution in [1.29, 1.82) is 0 Å². The van der Waals surface area contributed by atoms with Crippen LogP contribution in [0.1, 0.15) is 17.1 Å². The fourth-order valence-corrected chi connectivity index (χ4v) is 1.97. The van der Waals surface area contributed by atoms with E-state index in [9.17, 15) is 0 Å². The van der Waals surface area contributed by atoms with Gasteiger partial charge >= 0.3 is 0 Å². The molecule has 2 aromatic heterocycles. The summed E-state index contributed by atoms with van der Waals surface area (Å²) in [5, 5.41) is 4.50. The number of aromatic nitrogens is 3. The summed E-state index contributed by atoms with van der Waals surface area (Å²) < 4.78 is 1.87. The van der Waals surface area contributed by atoms with E-state index >= 15 is 0 Å². The summed E-state index contributed by atoms with van der Waals surface area (Å²) in [6.45, 7) is 2.02. The van der Waals surface area contributed by atoms with Crippen LogP contribution in [0.5, 0.6) is 0 Å². The number of nitrogens with two attached hydrogens (primary N) is 1. The molecule has 18 heavy (non-hydrogen) atoms. The molecule has 0 aliphatic rings. The largest absolute Gasteiger partial charge is 0.399 e. The maximum atomic E-state index is 5.67. The van der Waals surface area contributed by atoms with Crippen molar-refractivity contribution in [3.05, 3.63) is 59.5 Å². The van der Waals surface area contributed by atoms with Crippen molar-refractivity contribution in [1.82, 2.24) is 14.6 Å². The summed E-state index contributed by atoms with van der Waals surface area (Å²) >= 11 is 0. The van der Waals surface area contributed by atoms with Crippen LogP contribution in [-0.2, 0) is 6.42 Å². The Morgan fingerprint density at radius 2 is 1.89 bits per heavy atom. The molecule has 90 valence electrons. The minimum Gasteiger partial charge on any atom is -0.399 e. The molecule has 0 saturated heterocycles. The van der Waals surface area contributed by atoms with Crippen molar-refractivity contribution in [3.63, 3.8) is 0 Å². The van der Waals surface area contributed by atoms with E-state index in [1.165, 1.54) is 0 Å². The Balaban J connectivity index is 1.95. The second kappa shape index (κ2) is 4.14. The van der Waals surface area contributed by atoms with Crippen LogP contribution in [0.15, 0.2) is 42.5 Å². The summed E-state index contributed by atoms with van der Waals surface area (Å²) in [6, 6.07) is 13.8.